The number of ether oxygens (including phenoxy) is 2. The third-order valence-corrected chi connectivity index (χ3v) is 6.57. The maximum Gasteiger partial charge on any atom is 0.180 e. The number of methoxy groups -OCH3 is 1. The molecule has 1 aliphatic rings. The van der Waals surface area contributed by atoms with Gasteiger partial charge in [0.15, 0.2) is 5.13 Å². The zero-order valence-corrected chi connectivity index (χ0v) is 17.9. The van der Waals surface area contributed by atoms with Crippen molar-refractivity contribution in [3.63, 3.8) is 0 Å². The Labute approximate surface area is 185 Å². The van der Waals surface area contributed by atoms with E-state index in [1.54, 1.807) is 23.8 Å². The maximum absolute atomic E-state index is 10.9. The molecular weight excluding hydrogens is 442 g/mol. The summed E-state index contributed by atoms with van der Waals surface area (Å²) in [5.41, 5.74) is 6.57. The van der Waals surface area contributed by atoms with Gasteiger partial charge in [0.25, 0.3) is 0 Å². The topological polar surface area (TPSA) is 165 Å². The van der Waals surface area contributed by atoms with Crippen LogP contribution in [0, 0.1) is 11.3 Å². The highest BCUT2D eigenvalue weighted by Gasteiger charge is 2.47. The molecule has 0 radical (unpaired) electrons. The molecule has 13 heteroatoms. The van der Waals surface area contributed by atoms with Crippen molar-refractivity contribution in [2.45, 2.75) is 34.7 Å². The van der Waals surface area contributed by atoms with Crippen molar-refractivity contribution in [2.24, 2.45) is 0 Å². The van der Waals surface area contributed by atoms with E-state index in [0.717, 1.165) is 0 Å². The molecule has 3 aromatic heterocycles. The van der Waals surface area contributed by atoms with Gasteiger partial charge < -0.3 is 25.4 Å². The van der Waals surface area contributed by atoms with Gasteiger partial charge in [-0.1, -0.05) is 17.0 Å². The summed E-state index contributed by atoms with van der Waals surface area (Å²) in [6.45, 7) is -0.397. The van der Waals surface area contributed by atoms with Crippen LogP contribution in [0.4, 0.5) is 5.13 Å². The number of thioether (sulfide) groups is 1. The highest BCUT2D eigenvalue weighted by atomic mass is 32.2. The van der Waals surface area contributed by atoms with Gasteiger partial charge in [-0.15, -0.1) is 16.4 Å². The maximum atomic E-state index is 10.9. The summed E-state index contributed by atoms with van der Waals surface area (Å²) in [6.07, 6.45) is 2.09. The van der Waals surface area contributed by atoms with Gasteiger partial charge in [0.2, 0.25) is 0 Å². The molecule has 4 N–H and O–H groups in total. The van der Waals surface area contributed by atoms with Crippen LogP contribution in [0.1, 0.15) is 11.6 Å². The van der Waals surface area contributed by atoms with E-state index in [4.69, 9.17) is 20.5 Å². The molecule has 3 aromatic rings. The number of nitriles is 1. The third kappa shape index (κ3) is 4.40. The van der Waals surface area contributed by atoms with Crippen molar-refractivity contribution in [1.82, 2.24) is 25.0 Å². The molecule has 0 spiro atoms. The molecular formula is C18H19N7O4S2. The number of anilines is 1. The van der Waals surface area contributed by atoms with Crippen LogP contribution in [0.3, 0.4) is 0 Å². The number of nitrogens with two attached hydrogens (primary N) is 1. The van der Waals surface area contributed by atoms with Crippen molar-refractivity contribution in [3.8, 4) is 17.5 Å². The number of hydrogen-bond donors (Lipinski definition) is 3. The van der Waals surface area contributed by atoms with E-state index in [0.29, 0.717) is 27.0 Å². The Hall–Kier alpha value is -2.60. The molecule has 4 heterocycles. The van der Waals surface area contributed by atoms with Crippen LogP contribution in [0.2, 0.25) is 0 Å². The molecule has 2 unspecified atom stereocenters. The Kier molecular flexibility index (Phi) is 6.46. The molecule has 11 nitrogen and oxygen atoms in total. The second-order valence-electron chi connectivity index (χ2n) is 6.70. The first-order valence-corrected chi connectivity index (χ1v) is 10.9. The van der Waals surface area contributed by atoms with Gasteiger partial charge in [-0.2, -0.15) is 5.26 Å². The number of rotatable bonds is 6. The minimum Gasteiger partial charge on any atom is -0.394 e. The monoisotopic (exact) mass is 461 g/mol. The Balaban J connectivity index is 1.65. The normalized spacial score (nSPS) is 25.9. The van der Waals surface area contributed by atoms with Crippen LogP contribution in [0.15, 0.2) is 34.9 Å². The lowest BCUT2D eigenvalue weighted by molar-refractivity contribution is -0.186. The van der Waals surface area contributed by atoms with Crippen molar-refractivity contribution in [2.75, 3.05) is 19.5 Å². The number of aliphatic hydroxyl groups excluding tert-OH is 2. The molecule has 1 saturated heterocycles. The predicted molar refractivity (Wildman–Crippen MR) is 112 cm³/mol. The molecule has 1 fully saturated rings. The molecule has 162 valence electrons. The minimum absolute atomic E-state index is 0.397. The van der Waals surface area contributed by atoms with Crippen LogP contribution >= 0.6 is 23.1 Å². The van der Waals surface area contributed by atoms with E-state index in [2.05, 4.69) is 20.3 Å². The number of aromatic nitrogens is 5. The summed E-state index contributed by atoms with van der Waals surface area (Å²) < 4.78 is 13.1. The van der Waals surface area contributed by atoms with Crippen LogP contribution in [0.5, 0.6) is 0 Å². The van der Waals surface area contributed by atoms with Crippen molar-refractivity contribution >= 4 is 28.2 Å². The van der Waals surface area contributed by atoms with Gasteiger partial charge in [-0.25, -0.2) is 9.67 Å². The van der Waals surface area contributed by atoms with E-state index >= 15 is 0 Å². The van der Waals surface area contributed by atoms with Gasteiger partial charge >= 0.3 is 0 Å². The van der Waals surface area contributed by atoms with E-state index in [1.165, 1.54) is 41.1 Å². The molecule has 0 bridgehead atoms. The summed E-state index contributed by atoms with van der Waals surface area (Å²) in [5, 5.41) is 40.3. The Bertz CT molecular complexity index is 1080. The fourth-order valence-corrected chi connectivity index (χ4v) is 5.08. The van der Waals surface area contributed by atoms with E-state index in [1.807, 2.05) is 6.07 Å². The van der Waals surface area contributed by atoms with Gasteiger partial charge in [-0.05, 0) is 6.07 Å². The molecule has 0 amide bonds. The summed E-state index contributed by atoms with van der Waals surface area (Å²) in [7, 11) is 1.50. The number of nitrogens with zero attached hydrogens (tertiary/aromatic N) is 6. The highest BCUT2D eigenvalue weighted by molar-refractivity contribution is 7.99. The zero-order valence-electron chi connectivity index (χ0n) is 16.3. The average Bonchev–Trinajstić information content (AvgIpc) is 3.43. The first-order chi connectivity index (χ1) is 15.0. The van der Waals surface area contributed by atoms with E-state index in [-0.39, 0.29) is 0 Å². The van der Waals surface area contributed by atoms with Crippen LogP contribution in [0.25, 0.3) is 11.4 Å². The summed E-state index contributed by atoms with van der Waals surface area (Å²) in [6, 6.07) is 3.03. The van der Waals surface area contributed by atoms with Crippen LogP contribution in [-0.4, -0.2) is 72.6 Å². The van der Waals surface area contributed by atoms with E-state index in [9.17, 15) is 10.2 Å². The zero-order chi connectivity index (χ0) is 22.0. The second-order valence-corrected chi connectivity index (χ2v) is 8.76. The predicted octanol–water partition coefficient (Wildman–Crippen LogP) is 0.677. The highest BCUT2D eigenvalue weighted by Crippen LogP contribution is 2.39. The lowest BCUT2D eigenvalue weighted by Crippen LogP contribution is -2.55. The molecule has 4 rings (SSSR count). The smallest absolute Gasteiger partial charge is 0.180 e. The Morgan fingerprint density at radius 2 is 2.26 bits per heavy atom. The summed E-state index contributed by atoms with van der Waals surface area (Å²) >= 11 is 2.57. The first kappa shape index (κ1) is 21.6. The molecule has 0 aliphatic carbocycles. The van der Waals surface area contributed by atoms with E-state index < -0.39 is 36.4 Å². The molecule has 5 atom stereocenters. The fourth-order valence-electron chi connectivity index (χ4n) is 3.33. The van der Waals surface area contributed by atoms with Crippen molar-refractivity contribution in [3.05, 3.63) is 35.6 Å². The van der Waals surface area contributed by atoms with Crippen molar-refractivity contribution in [1.29, 1.82) is 5.26 Å². The Morgan fingerprint density at radius 3 is 2.94 bits per heavy atom. The van der Waals surface area contributed by atoms with Gasteiger partial charge in [0.05, 0.1) is 18.4 Å². The van der Waals surface area contributed by atoms with Crippen LogP contribution in [-0.2, 0) is 9.47 Å². The molecule has 0 saturated carbocycles. The van der Waals surface area contributed by atoms with Crippen LogP contribution < -0.4 is 5.73 Å². The molecule has 1 aliphatic heterocycles. The number of thiazole rings is 1. The number of aliphatic hydroxyl groups is 2. The lowest BCUT2D eigenvalue weighted by Gasteiger charge is -2.43. The quantitative estimate of drug-likeness (QED) is 0.472. The minimum atomic E-state index is -1.11. The summed E-state index contributed by atoms with van der Waals surface area (Å²) in [4.78, 5) is 8.95. The largest absolute Gasteiger partial charge is 0.394 e. The Morgan fingerprint density at radius 1 is 1.42 bits per heavy atom. The summed E-state index contributed by atoms with van der Waals surface area (Å²) in [5.74, 6) is 0. The first-order valence-electron chi connectivity index (χ1n) is 9.16. The van der Waals surface area contributed by atoms with Gasteiger partial charge in [0, 0.05) is 29.8 Å². The van der Waals surface area contributed by atoms with Gasteiger partial charge in [-0.3, -0.25) is 4.98 Å². The number of hydrogen-bond acceptors (Lipinski definition) is 12. The average molecular weight is 462 g/mol. The molecule has 0 aromatic carbocycles. The number of pyridine rings is 1. The lowest BCUT2D eigenvalue weighted by atomic mass is 9.97. The fraction of sp³-hybridized carbons (Fsp3) is 0.389. The number of nitrogen functional groups attached to an aromatic ring is 1. The SMILES string of the molecule is COC1[C@@H](Sc2cncc(C#N)c2)OC(CO)[C@H](O)[C@@H]1n1cc(-c2csc(N)n2)nn1. The second kappa shape index (κ2) is 9.27. The standard InChI is InChI=1S/C18H19N7O4S2/c1-28-16-14(25-6-11(23-24-25)12-8-30-18(20)22-12)15(27)13(7-26)29-17(16)31-10-2-9(3-19)4-21-5-10/h2,4-6,8,13-17,26-27H,7H2,1H3,(H2,20,22)/t13?,14-,15-,16?,17+/m0/s1. The van der Waals surface area contributed by atoms with Crippen molar-refractivity contribution < 1.29 is 19.7 Å². The molecule has 31 heavy (non-hydrogen) atoms. The third-order valence-electron chi connectivity index (χ3n) is 4.79. The van der Waals surface area contributed by atoms with Gasteiger partial charge in [0.1, 0.15) is 47.2 Å².